The number of aromatic hydroxyl groups is 1. The number of carbonyl (C=O) groups excluding carboxylic acids is 3. The second kappa shape index (κ2) is 13.3. The zero-order valence-corrected chi connectivity index (χ0v) is 20.2. The molecule has 13 heteroatoms. The lowest BCUT2D eigenvalue weighted by atomic mass is 10.0. The third-order valence-corrected chi connectivity index (χ3v) is 5.86. The molecule has 1 aliphatic rings. The topological polar surface area (TPSA) is 226 Å². The molecule has 4 unspecified atom stereocenters. The van der Waals surface area contributed by atoms with Gasteiger partial charge in [0.25, 0.3) is 0 Å². The number of benzene rings is 1. The number of phenolic OH excluding ortho intramolecular Hbond substituents is 1. The van der Waals surface area contributed by atoms with Crippen molar-refractivity contribution in [3.05, 3.63) is 29.8 Å². The number of hydrogen-bond donors (Lipinski definition) is 7. The van der Waals surface area contributed by atoms with Crippen molar-refractivity contribution in [2.45, 2.75) is 63.2 Å². The van der Waals surface area contributed by atoms with Crippen LogP contribution in [0.4, 0.5) is 0 Å². The number of guanidine groups is 1. The standard InChI is InChI=1S/C23H35N7O6/c1-13(22(35)36)28-20(33)18-5-3-11-30(18)21(34)17(4-2-10-27-23(25)26)29-19(32)16(24)12-14-6-8-15(31)9-7-14/h6-9,13,16-18,31H,2-5,10-12,24H2,1H3,(H,28,33)(H,29,32)(H,35,36)(H4,25,26,27). The Labute approximate surface area is 209 Å². The van der Waals surface area contributed by atoms with Crippen molar-refractivity contribution in [3.8, 4) is 5.75 Å². The van der Waals surface area contributed by atoms with Gasteiger partial charge in [-0.25, -0.2) is 0 Å². The highest BCUT2D eigenvalue weighted by molar-refractivity contribution is 5.94. The van der Waals surface area contributed by atoms with Crippen molar-refractivity contribution in [2.24, 2.45) is 22.2 Å². The Bertz CT molecular complexity index is 964. The summed E-state index contributed by atoms with van der Waals surface area (Å²) in [6.07, 6.45) is 1.69. The Hall–Kier alpha value is -3.87. The molecular formula is C23H35N7O6. The number of aliphatic imine (C=N–C) groups is 1. The molecule has 0 bridgehead atoms. The van der Waals surface area contributed by atoms with E-state index in [2.05, 4.69) is 15.6 Å². The number of rotatable bonds is 12. The number of amides is 3. The number of hydrogen-bond acceptors (Lipinski definition) is 7. The summed E-state index contributed by atoms with van der Waals surface area (Å²) >= 11 is 0. The van der Waals surface area contributed by atoms with Gasteiger partial charge in [-0.2, -0.15) is 0 Å². The van der Waals surface area contributed by atoms with Gasteiger partial charge in [-0.1, -0.05) is 12.1 Å². The summed E-state index contributed by atoms with van der Waals surface area (Å²) in [5, 5.41) is 23.6. The SMILES string of the molecule is CC(NC(=O)C1CCCN1C(=O)C(CCCN=C(N)N)NC(=O)C(N)Cc1ccc(O)cc1)C(=O)O. The molecular weight excluding hydrogens is 470 g/mol. The Morgan fingerprint density at radius 1 is 1.17 bits per heavy atom. The van der Waals surface area contributed by atoms with Gasteiger partial charge >= 0.3 is 5.97 Å². The molecule has 2 rings (SSSR count). The Kier molecular flexibility index (Phi) is 10.5. The van der Waals surface area contributed by atoms with Gasteiger partial charge in [0.2, 0.25) is 17.7 Å². The molecule has 13 nitrogen and oxygen atoms in total. The number of phenols is 1. The maximum Gasteiger partial charge on any atom is 0.325 e. The number of likely N-dealkylation sites (tertiary alicyclic amines) is 1. The maximum atomic E-state index is 13.4. The zero-order valence-electron chi connectivity index (χ0n) is 20.2. The first-order valence-electron chi connectivity index (χ1n) is 11.7. The highest BCUT2D eigenvalue weighted by Crippen LogP contribution is 2.20. The molecule has 3 amide bonds. The minimum Gasteiger partial charge on any atom is -0.508 e. The summed E-state index contributed by atoms with van der Waals surface area (Å²) < 4.78 is 0. The monoisotopic (exact) mass is 505 g/mol. The molecule has 1 aromatic carbocycles. The predicted molar refractivity (Wildman–Crippen MR) is 132 cm³/mol. The lowest BCUT2D eigenvalue weighted by Gasteiger charge is -2.29. The minimum absolute atomic E-state index is 0.0881. The second-order valence-electron chi connectivity index (χ2n) is 8.75. The molecule has 0 spiro atoms. The maximum absolute atomic E-state index is 13.4. The van der Waals surface area contributed by atoms with Crippen LogP contribution in [0.15, 0.2) is 29.3 Å². The summed E-state index contributed by atoms with van der Waals surface area (Å²) in [7, 11) is 0. The summed E-state index contributed by atoms with van der Waals surface area (Å²) in [5.74, 6) is -2.78. The lowest BCUT2D eigenvalue weighted by molar-refractivity contribution is -0.144. The highest BCUT2D eigenvalue weighted by Gasteiger charge is 2.38. The summed E-state index contributed by atoms with van der Waals surface area (Å²) in [6.45, 7) is 1.86. The largest absolute Gasteiger partial charge is 0.508 e. The van der Waals surface area contributed by atoms with Gasteiger partial charge in [-0.05, 0) is 56.7 Å². The van der Waals surface area contributed by atoms with E-state index in [1.54, 1.807) is 12.1 Å². The number of nitrogens with zero attached hydrogens (tertiary/aromatic N) is 2. The van der Waals surface area contributed by atoms with Crippen LogP contribution in [0.2, 0.25) is 0 Å². The first kappa shape index (κ1) is 28.4. The summed E-state index contributed by atoms with van der Waals surface area (Å²) in [6, 6.07) is 2.36. The Balaban J connectivity index is 2.11. The smallest absolute Gasteiger partial charge is 0.325 e. The second-order valence-corrected chi connectivity index (χ2v) is 8.75. The molecule has 1 fully saturated rings. The lowest BCUT2D eigenvalue weighted by Crippen LogP contribution is -2.56. The van der Waals surface area contributed by atoms with Gasteiger partial charge in [0, 0.05) is 13.1 Å². The molecule has 0 aliphatic carbocycles. The summed E-state index contributed by atoms with van der Waals surface area (Å²) in [4.78, 5) is 55.3. The van der Waals surface area contributed by atoms with Crippen LogP contribution in [0.25, 0.3) is 0 Å². The van der Waals surface area contributed by atoms with Crippen molar-refractivity contribution < 1.29 is 29.4 Å². The zero-order chi connectivity index (χ0) is 26.8. The average molecular weight is 506 g/mol. The molecule has 0 saturated carbocycles. The Morgan fingerprint density at radius 3 is 2.44 bits per heavy atom. The minimum atomic E-state index is -1.19. The van der Waals surface area contributed by atoms with Gasteiger partial charge in [0.15, 0.2) is 5.96 Å². The number of nitrogens with two attached hydrogens (primary N) is 3. The normalized spacial score (nSPS) is 17.5. The van der Waals surface area contributed by atoms with Gasteiger partial charge in [-0.15, -0.1) is 0 Å². The van der Waals surface area contributed by atoms with Crippen LogP contribution in [-0.4, -0.2) is 82.0 Å². The van der Waals surface area contributed by atoms with Crippen LogP contribution in [-0.2, 0) is 25.6 Å². The van der Waals surface area contributed by atoms with E-state index in [1.807, 2.05) is 0 Å². The molecule has 1 heterocycles. The van der Waals surface area contributed by atoms with Crippen LogP contribution < -0.4 is 27.8 Å². The van der Waals surface area contributed by atoms with Crippen molar-refractivity contribution >= 4 is 29.7 Å². The van der Waals surface area contributed by atoms with Crippen LogP contribution in [0.1, 0.15) is 38.2 Å². The third-order valence-electron chi connectivity index (χ3n) is 5.86. The first-order valence-corrected chi connectivity index (χ1v) is 11.7. The van der Waals surface area contributed by atoms with E-state index in [0.717, 1.165) is 5.56 Å². The number of carbonyl (C=O) groups is 4. The highest BCUT2D eigenvalue weighted by atomic mass is 16.4. The summed E-state index contributed by atoms with van der Waals surface area (Å²) in [5.41, 5.74) is 17.5. The average Bonchev–Trinajstić information content (AvgIpc) is 3.31. The van der Waals surface area contributed by atoms with E-state index in [1.165, 1.54) is 24.0 Å². The Morgan fingerprint density at radius 2 is 1.83 bits per heavy atom. The van der Waals surface area contributed by atoms with Crippen LogP contribution in [0, 0.1) is 0 Å². The number of aliphatic carboxylic acids is 1. The van der Waals surface area contributed by atoms with Crippen molar-refractivity contribution in [3.63, 3.8) is 0 Å². The molecule has 4 atom stereocenters. The van der Waals surface area contributed by atoms with Crippen LogP contribution in [0.5, 0.6) is 5.75 Å². The first-order chi connectivity index (χ1) is 17.0. The van der Waals surface area contributed by atoms with Gasteiger partial charge < -0.3 is 42.9 Å². The molecule has 36 heavy (non-hydrogen) atoms. The van der Waals surface area contributed by atoms with E-state index in [4.69, 9.17) is 22.3 Å². The molecule has 1 saturated heterocycles. The molecule has 1 aliphatic heterocycles. The number of nitrogens with one attached hydrogen (secondary N) is 2. The van der Waals surface area contributed by atoms with E-state index in [9.17, 15) is 24.3 Å². The van der Waals surface area contributed by atoms with E-state index in [-0.39, 0.29) is 37.6 Å². The fraction of sp³-hybridized carbons (Fsp3) is 0.522. The van der Waals surface area contributed by atoms with Gasteiger partial charge in [0.05, 0.1) is 6.04 Å². The van der Waals surface area contributed by atoms with Crippen LogP contribution >= 0.6 is 0 Å². The van der Waals surface area contributed by atoms with Crippen molar-refractivity contribution in [1.82, 2.24) is 15.5 Å². The predicted octanol–water partition coefficient (Wildman–Crippen LogP) is -1.62. The quantitative estimate of drug-likeness (QED) is 0.0982. The molecule has 0 aromatic heterocycles. The number of carboxylic acid groups (broad SMARTS) is 1. The molecule has 1 aromatic rings. The fourth-order valence-corrected chi connectivity index (χ4v) is 3.89. The molecule has 198 valence electrons. The number of carboxylic acids is 1. The van der Waals surface area contributed by atoms with E-state index < -0.39 is 47.9 Å². The van der Waals surface area contributed by atoms with Crippen LogP contribution in [0.3, 0.4) is 0 Å². The fourth-order valence-electron chi connectivity index (χ4n) is 3.89. The van der Waals surface area contributed by atoms with E-state index >= 15 is 0 Å². The van der Waals surface area contributed by atoms with Gasteiger partial charge in [0.1, 0.15) is 23.9 Å². The van der Waals surface area contributed by atoms with Gasteiger partial charge in [-0.3, -0.25) is 24.2 Å². The third kappa shape index (κ3) is 8.41. The molecule has 0 radical (unpaired) electrons. The van der Waals surface area contributed by atoms with Crippen molar-refractivity contribution in [2.75, 3.05) is 13.1 Å². The van der Waals surface area contributed by atoms with E-state index in [0.29, 0.717) is 19.3 Å². The van der Waals surface area contributed by atoms with Crippen molar-refractivity contribution in [1.29, 1.82) is 0 Å². The molecule has 10 N–H and O–H groups in total.